The van der Waals surface area contributed by atoms with Crippen molar-refractivity contribution in [1.82, 2.24) is 0 Å². The summed E-state index contributed by atoms with van der Waals surface area (Å²) in [6.45, 7) is 0.953. The average molecular weight is 315 g/mol. The largest absolute Gasteiger partial charge is 0.496 e. The standard InChI is InChI=1S/C13H15BrO4/c1-16-11-3-2-7(4-9(11)14)8-5-17-13-10(15)6-18-12(8)13/h2-4,8,10,12-13,15H,5-6H2,1H3/t8-,10-,12+,13+/m0/s1. The van der Waals surface area contributed by atoms with Crippen molar-refractivity contribution < 1.29 is 19.3 Å². The van der Waals surface area contributed by atoms with Crippen molar-refractivity contribution in [3.8, 4) is 5.75 Å². The van der Waals surface area contributed by atoms with E-state index in [2.05, 4.69) is 15.9 Å². The van der Waals surface area contributed by atoms with Gasteiger partial charge >= 0.3 is 0 Å². The lowest BCUT2D eigenvalue weighted by atomic mass is 9.93. The molecule has 0 saturated carbocycles. The monoisotopic (exact) mass is 314 g/mol. The van der Waals surface area contributed by atoms with Gasteiger partial charge in [0, 0.05) is 5.92 Å². The molecule has 0 radical (unpaired) electrons. The first-order valence-electron chi connectivity index (χ1n) is 5.95. The molecule has 2 aliphatic heterocycles. The van der Waals surface area contributed by atoms with Gasteiger partial charge in [-0.15, -0.1) is 0 Å². The molecule has 98 valence electrons. The van der Waals surface area contributed by atoms with Gasteiger partial charge in [0.05, 0.1) is 30.9 Å². The number of benzene rings is 1. The molecule has 0 spiro atoms. The van der Waals surface area contributed by atoms with E-state index >= 15 is 0 Å². The third kappa shape index (κ3) is 1.95. The minimum atomic E-state index is -0.498. The minimum absolute atomic E-state index is 0.0414. The zero-order valence-corrected chi connectivity index (χ0v) is 11.6. The number of rotatable bonds is 2. The van der Waals surface area contributed by atoms with Gasteiger partial charge in [0.1, 0.15) is 18.0 Å². The Morgan fingerprint density at radius 1 is 1.28 bits per heavy atom. The second kappa shape index (κ2) is 4.81. The molecule has 2 aliphatic rings. The molecule has 2 heterocycles. The summed E-state index contributed by atoms with van der Waals surface area (Å²) in [5.74, 6) is 0.982. The van der Waals surface area contributed by atoms with Crippen LogP contribution in [0.15, 0.2) is 22.7 Å². The molecule has 4 atom stereocenters. The Kier molecular flexibility index (Phi) is 3.32. The van der Waals surface area contributed by atoms with E-state index in [1.165, 1.54) is 0 Å². The van der Waals surface area contributed by atoms with Crippen LogP contribution in [0.1, 0.15) is 11.5 Å². The highest BCUT2D eigenvalue weighted by molar-refractivity contribution is 9.10. The summed E-state index contributed by atoms with van der Waals surface area (Å²) in [5, 5.41) is 9.72. The fourth-order valence-electron chi connectivity index (χ4n) is 2.68. The van der Waals surface area contributed by atoms with Crippen LogP contribution in [0.5, 0.6) is 5.75 Å². The molecule has 0 bridgehead atoms. The summed E-state index contributed by atoms with van der Waals surface area (Å²) in [4.78, 5) is 0. The Morgan fingerprint density at radius 2 is 2.06 bits per heavy atom. The summed E-state index contributed by atoms with van der Waals surface area (Å²) >= 11 is 3.48. The first-order valence-corrected chi connectivity index (χ1v) is 6.74. The van der Waals surface area contributed by atoms with Gasteiger partial charge in [0.25, 0.3) is 0 Å². The highest BCUT2D eigenvalue weighted by Crippen LogP contribution is 2.39. The van der Waals surface area contributed by atoms with Crippen LogP contribution in [0.4, 0.5) is 0 Å². The van der Waals surface area contributed by atoms with Crippen LogP contribution in [-0.2, 0) is 9.47 Å². The zero-order valence-electron chi connectivity index (χ0n) is 10.0. The number of aliphatic hydroxyl groups excluding tert-OH is 1. The summed E-state index contributed by atoms with van der Waals surface area (Å²) < 4.78 is 17.4. The summed E-state index contributed by atoms with van der Waals surface area (Å²) in [7, 11) is 1.64. The van der Waals surface area contributed by atoms with Crippen LogP contribution >= 0.6 is 15.9 Å². The van der Waals surface area contributed by atoms with Crippen molar-refractivity contribution in [3.63, 3.8) is 0 Å². The van der Waals surface area contributed by atoms with Crippen molar-refractivity contribution in [3.05, 3.63) is 28.2 Å². The fourth-order valence-corrected chi connectivity index (χ4v) is 3.24. The van der Waals surface area contributed by atoms with Gasteiger partial charge in [-0.05, 0) is 33.6 Å². The van der Waals surface area contributed by atoms with E-state index < -0.39 is 6.10 Å². The number of halogens is 1. The second-order valence-electron chi connectivity index (χ2n) is 4.66. The van der Waals surface area contributed by atoms with E-state index in [0.717, 1.165) is 15.8 Å². The van der Waals surface area contributed by atoms with E-state index in [9.17, 15) is 5.11 Å². The van der Waals surface area contributed by atoms with Gasteiger partial charge in [0.2, 0.25) is 0 Å². The molecule has 2 saturated heterocycles. The van der Waals surface area contributed by atoms with Crippen molar-refractivity contribution in [2.75, 3.05) is 20.3 Å². The molecule has 2 fully saturated rings. The Hall–Kier alpha value is -0.620. The highest BCUT2D eigenvalue weighted by Gasteiger charge is 2.47. The smallest absolute Gasteiger partial charge is 0.133 e. The summed E-state index contributed by atoms with van der Waals surface area (Å²) in [6.07, 6.45) is -0.724. The molecule has 0 unspecified atom stereocenters. The highest BCUT2D eigenvalue weighted by atomic mass is 79.9. The lowest BCUT2D eigenvalue weighted by Gasteiger charge is -2.17. The van der Waals surface area contributed by atoms with Gasteiger partial charge in [-0.2, -0.15) is 0 Å². The molecule has 1 aromatic carbocycles. The lowest BCUT2D eigenvalue weighted by molar-refractivity contribution is 0.0182. The van der Waals surface area contributed by atoms with E-state index in [1.54, 1.807) is 7.11 Å². The predicted octanol–water partition coefficient (Wildman–Crippen LogP) is 1.70. The van der Waals surface area contributed by atoms with Gasteiger partial charge in [-0.1, -0.05) is 6.07 Å². The number of hydrogen-bond donors (Lipinski definition) is 1. The molecule has 18 heavy (non-hydrogen) atoms. The van der Waals surface area contributed by atoms with Crippen LogP contribution in [-0.4, -0.2) is 43.7 Å². The summed E-state index contributed by atoms with van der Waals surface area (Å²) in [6, 6.07) is 5.98. The number of fused-ring (bicyclic) bond motifs is 1. The molecule has 3 rings (SSSR count). The number of hydrogen-bond acceptors (Lipinski definition) is 4. The zero-order chi connectivity index (χ0) is 12.7. The first-order chi connectivity index (χ1) is 8.70. The Bertz CT molecular complexity index is 451. The predicted molar refractivity (Wildman–Crippen MR) is 68.9 cm³/mol. The Balaban J connectivity index is 1.85. The second-order valence-corrected chi connectivity index (χ2v) is 5.52. The first kappa shape index (κ1) is 12.4. The Labute approximate surface area is 114 Å². The third-order valence-electron chi connectivity index (χ3n) is 3.63. The lowest BCUT2D eigenvalue weighted by Crippen LogP contribution is -2.28. The van der Waals surface area contributed by atoms with Crippen molar-refractivity contribution in [2.24, 2.45) is 0 Å². The topological polar surface area (TPSA) is 47.9 Å². The SMILES string of the molecule is COc1ccc([C@@H]2CO[C@H]3[C@@H]2OC[C@@H]3O)cc1Br. The quantitative estimate of drug-likeness (QED) is 0.902. The molecule has 1 aromatic rings. The molecule has 5 heteroatoms. The van der Waals surface area contributed by atoms with Gasteiger partial charge in [-0.25, -0.2) is 0 Å². The molecule has 0 amide bonds. The van der Waals surface area contributed by atoms with Crippen molar-refractivity contribution in [1.29, 1.82) is 0 Å². The Morgan fingerprint density at radius 3 is 2.78 bits per heavy atom. The molecular formula is C13H15BrO4. The normalized spacial score (nSPS) is 34.6. The number of ether oxygens (including phenoxy) is 3. The van der Waals surface area contributed by atoms with Crippen LogP contribution in [0.2, 0.25) is 0 Å². The van der Waals surface area contributed by atoms with Crippen molar-refractivity contribution >= 4 is 15.9 Å². The fraction of sp³-hybridized carbons (Fsp3) is 0.538. The molecular weight excluding hydrogens is 300 g/mol. The molecule has 4 nitrogen and oxygen atoms in total. The summed E-state index contributed by atoms with van der Waals surface area (Å²) in [5.41, 5.74) is 1.14. The third-order valence-corrected chi connectivity index (χ3v) is 4.25. The maximum absolute atomic E-state index is 9.72. The number of aliphatic hydroxyl groups is 1. The minimum Gasteiger partial charge on any atom is -0.496 e. The van der Waals surface area contributed by atoms with E-state index in [0.29, 0.717) is 13.2 Å². The van der Waals surface area contributed by atoms with Crippen molar-refractivity contribution in [2.45, 2.75) is 24.2 Å². The maximum Gasteiger partial charge on any atom is 0.133 e. The van der Waals surface area contributed by atoms with Crippen LogP contribution < -0.4 is 4.74 Å². The number of methoxy groups -OCH3 is 1. The van der Waals surface area contributed by atoms with E-state index in [1.807, 2.05) is 18.2 Å². The molecule has 0 aliphatic carbocycles. The molecule has 1 N–H and O–H groups in total. The van der Waals surface area contributed by atoms with E-state index in [4.69, 9.17) is 14.2 Å². The van der Waals surface area contributed by atoms with Crippen LogP contribution in [0, 0.1) is 0 Å². The average Bonchev–Trinajstić information content (AvgIpc) is 2.93. The van der Waals surface area contributed by atoms with Gasteiger partial charge in [0.15, 0.2) is 0 Å². The van der Waals surface area contributed by atoms with Crippen LogP contribution in [0.3, 0.4) is 0 Å². The van der Waals surface area contributed by atoms with Gasteiger partial charge < -0.3 is 19.3 Å². The van der Waals surface area contributed by atoms with Crippen LogP contribution in [0.25, 0.3) is 0 Å². The van der Waals surface area contributed by atoms with E-state index in [-0.39, 0.29) is 18.1 Å². The maximum atomic E-state index is 9.72. The molecule has 0 aromatic heterocycles. The van der Waals surface area contributed by atoms with Gasteiger partial charge in [-0.3, -0.25) is 0 Å².